The molecule has 0 aliphatic carbocycles. The van der Waals surface area contributed by atoms with Crippen LogP contribution >= 0.6 is 0 Å². The Morgan fingerprint density at radius 2 is 2.05 bits per heavy atom. The number of hydrogen-bond acceptors (Lipinski definition) is 6. The predicted octanol–water partition coefficient (Wildman–Crippen LogP) is 1.69. The van der Waals surface area contributed by atoms with Crippen LogP contribution < -0.4 is 10.4 Å². The fourth-order valence-corrected chi connectivity index (χ4v) is 1.72. The molecule has 0 saturated heterocycles. The monoisotopic (exact) mass is 276 g/mol. The Hall–Kier alpha value is -2.76. The second-order valence-electron chi connectivity index (χ2n) is 3.90. The van der Waals surface area contributed by atoms with Gasteiger partial charge in [-0.05, 0) is 18.2 Å². The van der Waals surface area contributed by atoms with Crippen LogP contribution in [0.1, 0.15) is 5.76 Å². The van der Waals surface area contributed by atoms with Crippen molar-refractivity contribution in [3.8, 4) is 11.5 Å². The summed E-state index contributed by atoms with van der Waals surface area (Å²) in [5.74, 6) is -0.220. The van der Waals surface area contributed by atoms with E-state index in [1.807, 2.05) is 0 Å². The van der Waals surface area contributed by atoms with Crippen LogP contribution in [0.3, 0.4) is 0 Å². The number of hydrogen-bond donors (Lipinski definition) is 1. The molecule has 0 amide bonds. The lowest BCUT2D eigenvalue weighted by atomic mass is 10.1. The van der Waals surface area contributed by atoms with Crippen molar-refractivity contribution in [2.24, 2.45) is 0 Å². The first kappa shape index (κ1) is 13.7. The van der Waals surface area contributed by atoms with Crippen LogP contribution in [0.25, 0.3) is 16.8 Å². The van der Waals surface area contributed by atoms with E-state index in [0.717, 1.165) is 6.08 Å². The van der Waals surface area contributed by atoms with Crippen LogP contribution in [0.5, 0.6) is 11.5 Å². The quantitative estimate of drug-likeness (QED) is 0.678. The first-order valence-corrected chi connectivity index (χ1v) is 5.66. The number of phenols is 1. The summed E-state index contributed by atoms with van der Waals surface area (Å²) in [5.41, 5.74) is -0.702. The number of carbonyl (C=O) groups is 1. The number of carbonyl (C=O) groups excluding carboxylic acids is 1. The van der Waals surface area contributed by atoms with Crippen molar-refractivity contribution in [1.82, 2.24) is 0 Å². The molecule has 20 heavy (non-hydrogen) atoms. The maximum absolute atomic E-state index is 11.8. The van der Waals surface area contributed by atoms with Gasteiger partial charge < -0.3 is 19.0 Å². The Balaban J connectivity index is 2.59. The highest BCUT2D eigenvalue weighted by molar-refractivity contribution is 5.90. The topological polar surface area (TPSA) is 86.0 Å². The fourth-order valence-electron chi connectivity index (χ4n) is 1.72. The minimum atomic E-state index is -0.702. The third-order valence-corrected chi connectivity index (χ3v) is 2.65. The summed E-state index contributed by atoms with van der Waals surface area (Å²) in [7, 11) is 2.69. The number of rotatable bonds is 3. The SMILES string of the molecule is COC(=O)C=Cc1cc2cc(OC)cc(O)c2c(=O)o1. The largest absolute Gasteiger partial charge is 0.507 e. The molecule has 6 nitrogen and oxygen atoms in total. The van der Waals surface area contributed by atoms with Crippen LogP contribution in [0.4, 0.5) is 0 Å². The van der Waals surface area contributed by atoms with Gasteiger partial charge in [0.2, 0.25) is 0 Å². The summed E-state index contributed by atoms with van der Waals surface area (Å²) in [6, 6.07) is 4.42. The summed E-state index contributed by atoms with van der Waals surface area (Å²) < 4.78 is 14.4. The maximum Gasteiger partial charge on any atom is 0.347 e. The average molecular weight is 276 g/mol. The molecule has 0 unspecified atom stereocenters. The Bertz CT molecular complexity index is 741. The first-order valence-electron chi connectivity index (χ1n) is 5.66. The number of aromatic hydroxyl groups is 1. The molecular formula is C14H12O6. The molecule has 0 spiro atoms. The van der Waals surface area contributed by atoms with Crippen LogP contribution in [0.2, 0.25) is 0 Å². The van der Waals surface area contributed by atoms with E-state index in [0.29, 0.717) is 11.1 Å². The van der Waals surface area contributed by atoms with E-state index >= 15 is 0 Å². The molecule has 0 bridgehead atoms. The van der Waals surface area contributed by atoms with E-state index in [2.05, 4.69) is 4.74 Å². The van der Waals surface area contributed by atoms with Gasteiger partial charge in [0.1, 0.15) is 22.6 Å². The standard InChI is InChI=1S/C14H12O6/c1-18-10-6-8-5-9(3-4-12(16)19-2)20-14(17)13(8)11(15)7-10/h3-7,15H,1-2H3. The van der Waals surface area contributed by atoms with Gasteiger partial charge in [-0.3, -0.25) is 0 Å². The van der Waals surface area contributed by atoms with E-state index < -0.39 is 11.6 Å². The number of methoxy groups -OCH3 is 2. The van der Waals surface area contributed by atoms with E-state index in [-0.39, 0.29) is 16.9 Å². The van der Waals surface area contributed by atoms with Crippen molar-refractivity contribution in [3.05, 3.63) is 40.5 Å². The van der Waals surface area contributed by atoms with Crippen molar-refractivity contribution < 1.29 is 23.8 Å². The zero-order chi connectivity index (χ0) is 14.7. The smallest absolute Gasteiger partial charge is 0.347 e. The highest BCUT2D eigenvalue weighted by atomic mass is 16.5. The van der Waals surface area contributed by atoms with Crippen molar-refractivity contribution in [3.63, 3.8) is 0 Å². The van der Waals surface area contributed by atoms with E-state index in [9.17, 15) is 14.7 Å². The first-order chi connectivity index (χ1) is 9.55. The molecule has 0 radical (unpaired) electrons. The number of ether oxygens (including phenoxy) is 2. The molecule has 2 rings (SSSR count). The van der Waals surface area contributed by atoms with Gasteiger partial charge >= 0.3 is 11.6 Å². The molecular weight excluding hydrogens is 264 g/mol. The minimum absolute atomic E-state index is 0.0565. The highest BCUT2D eigenvalue weighted by Gasteiger charge is 2.10. The molecule has 1 aromatic carbocycles. The molecule has 1 aromatic heterocycles. The van der Waals surface area contributed by atoms with Gasteiger partial charge in [-0.1, -0.05) is 0 Å². The third-order valence-electron chi connectivity index (χ3n) is 2.65. The molecule has 0 aliphatic heterocycles. The van der Waals surface area contributed by atoms with Gasteiger partial charge in [0.15, 0.2) is 0 Å². The Kier molecular flexibility index (Phi) is 3.74. The van der Waals surface area contributed by atoms with E-state index in [1.165, 1.54) is 32.4 Å². The summed E-state index contributed by atoms with van der Waals surface area (Å²) in [6.45, 7) is 0. The zero-order valence-electron chi connectivity index (χ0n) is 10.9. The Morgan fingerprint density at radius 1 is 1.30 bits per heavy atom. The Labute approximate surface area is 113 Å². The molecule has 1 heterocycles. The second-order valence-corrected chi connectivity index (χ2v) is 3.90. The average Bonchev–Trinajstić information content (AvgIpc) is 2.43. The van der Waals surface area contributed by atoms with Gasteiger partial charge in [0.05, 0.1) is 14.2 Å². The normalized spacial score (nSPS) is 10.9. The Morgan fingerprint density at radius 3 is 2.70 bits per heavy atom. The van der Waals surface area contributed by atoms with Crippen molar-refractivity contribution >= 4 is 22.8 Å². The third kappa shape index (κ3) is 2.64. The number of fused-ring (bicyclic) bond motifs is 1. The molecule has 0 fully saturated rings. The molecule has 1 N–H and O–H groups in total. The molecule has 0 aliphatic rings. The lowest BCUT2D eigenvalue weighted by Crippen LogP contribution is -2.01. The molecule has 0 atom stereocenters. The van der Waals surface area contributed by atoms with Gasteiger partial charge in [0.25, 0.3) is 0 Å². The molecule has 2 aromatic rings. The number of phenolic OH excluding ortho intramolecular Hbond substituents is 1. The van der Waals surface area contributed by atoms with E-state index in [1.54, 1.807) is 6.07 Å². The van der Waals surface area contributed by atoms with Gasteiger partial charge in [-0.15, -0.1) is 0 Å². The zero-order valence-corrected chi connectivity index (χ0v) is 10.9. The van der Waals surface area contributed by atoms with Gasteiger partial charge in [-0.2, -0.15) is 0 Å². The highest BCUT2D eigenvalue weighted by Crippen LogP contribution is 2.28. The molecule has 6 heteroatoms. The molecule has 104 valence electrons. The van der Waals surface area contributed by atoms with Gasteiger partial charge in [-0.25, -0.2) is 9.59 Å². The van der Waals surface area contributed by atoms with Gasteiger partial charge in [0, 0.05) is 17.5 Å². The lowest BCUT2D eigenvalue weighted by Gasteiger charge is -2.04. The van der Waals surface area contributed by atoms with Crippen LogP contribution in [0.15, 0.2) is 33.5 Å². The number of esters is 1. The van der Waals surface area contributed by atoms with Crippen LogP contribution in [0, 0.1) is 0 Å². The second kappa shape index (κ2) is 5.48. The van der Waals surface area contributed by atoms with Crippen molar-refractivity contribution in [1.29, 1.82) is 0 Å². The van der Waals surface area contributed by atoms with Crippen LogP contribution in [-0.2, 0) is 9.53 Å². The summed E-state index contributed by atoms with van der Waals surface area (Å²) in [5, 5.41) is 10.3. The number of benzene rings is 1. The van der Waals surface area contributed by atoms with E-state index in [4.69, 9.17) is 9.15 Å². The minimum Gasteiger partial charge on any atom is -0.507 e. The van der Waals surface area contributed by atoms with Crippen LogP contribution in [-0.4, -0.2) is 25.3 Å². The summed E-state index contributed by atoms with van der Waals surface area (Å²) >= 11 is 0. The lowest BCUT2D eigenvalue weighted by molar-refractivity contribution is -0.134. The van der Waals surface area contributed by atoms with Crippen molar-refractivity contribution in [2.75, 3.05) is 14.2 Å². The van der Waals surface area contributed by atoms with Crippen molar-refractivity contribution in [2.45, 2.75) is 0 Å². The summed E-state index contributed by atoms with van der Waals surface area (Å²) in [6.07, 6.45) is 2.44. The summed E-state index contributed by atoms with van der Waals surface area (Å²) in [4.78, 5) is 22.8. The maximum atomic E-state index is 11.8. The fraction of sp³-hybridized carbons (Fsp3) is 0.143. The molecule has 0 saturated carbocycles. The predicted molar refractivity (Wildman–Crippen MR) is 71.8 cm³/mol.